The second kappa shape index (κ2) is 5.43. The first-order chi connectivity index (χ1) is 10.3. The topological polar surface area (TPSA) is 50.2 Å². The molecule has 2 aromatic heterocycles. The van der Waals surface area contributed by atoms with Crippen molar-refractivity contribution in [3.05, 3.63) is 33.8 Å². The van der Waals surface area contributed by atoms with E-state index in [9.17, 15) is 4.79 Å². The van der Waals surface area contributed by atoms with Gasteiger partial charge >= 0.3 is 6.03 Å². The summed E-state index contributed by atoms with van der Waals surface area (Å²) in [7, 11) is 0. The zero-order chi connectivity index (χ0) is 15.9. The Kier molecular flexibility index (Phi) is 3.72. The number of amides is 2. The number of hydrogen-bond acceptors (Lipinski definition) is 3. The lowest BCUT2D eigenvalue weighted by Crippen LogP contribution is -2.40. The minimum absolute atomic E-state index is 0.0330. The van der Waals surface area contributed by atoms with Crippen LogP contribution in [-0.2, 0) is 18.5 Å². The Morgan fingerprint density at radius 1 is 1.32 bits per heavy atom. The van der Waals surface area contributed by atoms with Crippen LogP contribution in [0.1, 0.15) is 37.7 Å². The molecule has 1 aliphatic rings. The van der Waals surface area contributed by atoms with Crippen LogP contribution in [0.3, 0.4) is 0 Å². The number of aryl methyl sites for hydroxylation is 1. The largest absolute Gasteiger partial charge is 0.322 e. The van der Waals surface area contributed by atoms with Crippen molar-refractivity contribution in [3.63, 3.8) is 0 Å². The Bertz CT molecular complexity index is 695. The summed E-state index contributed by atoms with van der Waals surface area (Å²) in [6, 6.07) is 2.08. The summed E-state index contributed by atoms with van der Waals surface area (Å²) in [5.41, 5.74) is 4.23. The fraction of sp³-hybridized carbons (Fsp3) is 0.500. The quantitative estimate of drug-likeness (QED) is 0.873. The summed E-state index contributed by atoms with van der Waals surface area (Å²) in [4.78, 5) is 14.3. The number of thiophene rings is 1. The van der Waals surface area contributed by atoms with Gasteiger partial charge in [0.1, 0.15) is 0 Å². The average Bonchev–Trinajstić information content (AvgIpc) is 3.04. The van der Waals surface area contributed by atoms with E-state index in [2.05, 4.69) is 37.3 Å². The molecule has 0 aliphatic carbocycles. The van der Waals surface area contributed by atoms with Crippen LogP contribution in [0, 0.1) is 6.92 Å². The van der Waals surface area contributed by atoms with Gasteiger partial charge < -0.3 is 10.2 Å². The maximum atomic E-state index is 12.4. The highest BCUT2D eigenvalue weighted by Gasteiger charge is 2.26. The molecule has 0 aromatic carbocycles. The number of nitrogens with one attached hydrogen (secondary N) is 1. The highest BCUT2D eigenvalue weighted by molar-refractivity contribution is 7.08. The van der Waals surface area contributed by atoms with E-state index in [1.807, 2.05) is 27.3 Å². The molecule has 0 saturated heterocycles. The molecule has 0 radical (unpaired) electrons. The van der Waals surface area contributed by atoms with Crippen molar-refractivity contribution in [2.75, 3.05) is 11.9 Å². The Morgan fingerprint density at radius 2 is 2.09 bits per heavy atom. The first-order valence-corrected chi connectivity index (χ1v) is 8.45. The van der Waals surface area contributed by atoms with E-state index >= 15 is 0 Å². The summed E-state index contributed by atoms with van der Waals surface area (Å²) in [5.74, 6) is 0. The maximum Gasteiger partial charge on any atom is 0.322 e. The molecule has 0 spiro atoms. The fourth-order valence-electron chi connectivity index (χ4n) is 2.49. The highest BCUT2D eigenvalue weighted by atomic mass is 32.1. The third kappa shape index (κ3) is 2.88. The van der Waals surface area contributed by atoms with Crippen molar-refractivity contribution < 1.29 is 4.79 Å². The van der Waals surface area contributed by atoms with Gasteiger partial charge in [0.15, 0.2) is 0 Å². The van der Waals surface area contributed by atoms with E-state index in [-0.39, 0.29) is 11.4 Å². The van der Waals surface area contributed by atoms with Gasteiger partial charge in [-0.05, 0) is 23.9 Å². The van der Waals surface area contributed by atoms with Crippen LogP contribution in [0.2, 0.25) is 0 Å². The SMILES string of the molecule is Cc1cscc1NC(=O)N1CCn2nc(C(C)(C)C)cc2C1. The molecule has 1 aliphatic heterocycles. The van der Waals surface area contributed by atoms with Gasteiger partial charge in [0.05, 0.1) is 30.2 Å². The van der Waals surface area contributed by atoms with Crippen LogP contribution in [0.5, 0.6) is 0 Å². The molecule has 0 fully saturated rings. The summed E-state index contributed by atoms with van der Waals surface area (Å²) >= 11 is 1.60. The van der Waals surface area contributed by atoms with Gasteiger partial charge in [-0.15, -0.1) is 11.3 Å². The van der Waals surface area contributed by atoms with E-state index in [0.717, 1.165) is 29.2 Å². The zero-order valence-electron chi connectivity index (χ0n) is 13.5. The van der Waals surface area contributed by atoms with Gasteiger partial charge in [0.2, 0.25) is 0 Å². The van der Waals surface area contributed by atoms with Crippen LogP contribution < -0.4 is 5.32 Å². The van der Waals surface area contributed by atoms with Crippen molar-refractivity contribution in [1.82, 2.24) is 14.7 Å². The van der Waals surface area contributed by atoms with Gasteiger partial charge in [-0.25, -0.2) is 4.79 Å². The molecular formula is C16H22N4OS. The van der Waals surface area contributed by atoms with Gasteiger partial charge in [0.25, 0.3) is 0 Å². The van der Waals surface area contributed by atoms with Crippen molar-refractivity contribution in [2.24, 2.45) is 0 Å². The second-order valence-corrected chi connectivity index (χ2v) is 7.56. The summed E-state index contributed by atoms with van der Waals surface area (Å²) < 4.78 is 2.03. The molecule has 2 amide bonds. The lowest BCUT2D eigenvalue weighted by Gasteiger charge is -2.27. The number of aromatic nitrogens is 2. The van der Waals surface area contributed by atoms with Crippen LogP contribution in [0.15, 0.2) is 16.8 Å². The average molecular weight is 318 g/mol. The van der Waals surface area contributed by atoms with Gasteiger partial charge in [-0.2, -0.15) is 5.10 Å². The maximum absolute atomic E-state index is 12.4. The molecule has 3 rings (SSSR count). The molecule has 118 valence electrons. The van der Waals surface area contributed by atoms with Gasteiger partial charge in [0, 0.05) is 17.3 Å². The third-order valence-electron chi connectivity index (χ3n) is 3.95. The summed E-state index contributed by atoms with van der Waals surface area (Å²) in [5, 5.41) is 11.7. The second-order valence-electron chi connectivity index (χ2n) is 6.81. The first-order valence-electron chi connectivity index (χ1n) is 7.50. The van der Waals surface area contributed by atoms with Crippen molar-refractivity contribution >= 4 is 23.1 Å². The van der Waals surface area contributed by atoms with E-state index in [1.54, 1.807) is 11.3 Å². The normalized spacial score (nSPS) is 14.8. The monoisotopic (exact) mass is 318 g/mol. The molecule has 3 heterocycles. The molecule has 22 heavy (non-hydrogen) atoms. The van der Waals surface area contributed by atoms with Crippen LogP contribution in [0.4, 0.5) is 10.5 Å². The summed E-state index contributed by atoms with van der Waals surface area (Å²) in [6.45, 7) is 10.5. The molecule has 0 unspecified atom stereocenters. The predicted octanol–water partition coefficient (Wildman–Crippen LogP) is 3.60. The molecular weight excluding hydrogens is 296 g/mol. The Hall–Kier alpha value is -1.82. The number of rotatable bonds is 1. The van der Waals surface area contributed by atoms with E-state index in [4.69, 9.17) is 0 Å². The number of fused-ring (bicyclic) bond motifs is 1. The van der Waals surface area contributed by atoms with Gasteiger partial charge in [-0.3, -0.25) is 4.68 Å². The highest BCUT2D eigenvalue weighted by Crippen LogP contribution is 2.25. The minimum atomic E-state index is -0.0359. The summed E-state index contributed by atoms with van der Waals surface area (Å²) in [6.07, 6.45) is 0. The number of nitrogens with zero attached hydrogens (tertiary/aromatic N) is 3. The molecule has 6 heteroatoms. The predicted molar refractivity (Wildman–Crippen MR) is 89.4 cm³/mol. The number of carbonyl (C=O) groups is 1. The Balaban J connectivity index is 1.72. The zero-order valence-corrected chi connectivity index (χ0v) is 14.3. The minimum Gasteiger partial charge on any atom is -0.317 e. The number of carbonyl (C=O) groups excluding carboxylic acids is 1. The first kappa shape index (κ1) is 15.1. The van der Waals surface area contributed by atoms with Crippen molar-refractivity contribution in [3.8, 4) is 0 Å². The van der Waals surface area contributed by atoms with Crippen molar-refractivity contribution in [2.45, 2.75) is 46.2 Å². The lowest BCUT2D eigenvalue weighted by molar-refractivity contribution is 0.194. The number of hydrogen-bond donors (Lipinski definition) is 1. The smallest absolute Gasteiger partial charge is 0.317 e. The Morgan fingerprint density at radius 3 is 2.73 bits per heavy atom. The van der Waals surface area contributed by atoms with Crippen LogP contribution in [0.25, 0.3) is 0 Å². The molecule has 0 saturated carbocycles. The standard InChI is InChI=1S/C16H22N4OS/c1-11-9-22-10-13(11)17-15(21)19-5-6-20-12(8-19)7-14(18-20)16(2,3)4/h7,9-10H,5-6,8H2,1-4H3,(H,17,21). The molecule has 1 N–H and O–H groups in total. The van der Waals surface area contributed by atoms with Gasteiger partial charge in [-0.1, -0.05) is 20.8 Å². The molecule has 5 nitrogen and oxygen atoms in total. The fourth-order valence-corrected chi connectivity index (χ4v) is 3.27. The van der Waals surface area contributed by atoms with E-state index in [1.165, 1.54) is 0 Å². The molecule has 0 atom stereocenters. The van der Waals surface area contributed by atoms with Crippen LogP contribution >= 0.6 is 11.3 Å². The van der Waals surface area contributed by atoms with Crippen molar-refractivity contribution in [1.29, 1.82) is 0 Å². The van der Waals surface area contributed by atoms with E-state index < -0.39 is 0 Å². The third-order valence-corrected chi connectivity index (χ3v) is 4.81. The van der Waals surface area contributed by atoms with Crippen LogP contribution in [-0.4, -0.2) is 27.3 Å². The number of urea groups is 1. The molecule has 0 bridgehead atoms. The van der Waals surface area contributed by atoms with E-state index in [0.29, 0.717) is 13.1 Å². The number of anilines is 1. The molecule has 2 aromatic rings. The lowest BCUT2D eigenvalue weighted by atomic mass is 9.92. The Labute approximate surface area is 134 Å².